The van der Waals surface area contributed by atoms with E-state index in [1.807, 2.05) is 42.5 Å². The highest BCUT2D eigenvalue weighted by Crippen LogP contribution is 2.31. The molecule has 3 aromatic rings. The minimum atomic E-state index is -0.768. The Balaban J connectivity index is 2.17. The van der Waals surface area contributed by atoms with E-state index in [0.717, 1.165) is 10.6 Å². The summed E-state index contributed by atoms with van der Waals surface area (Å²) < 4.78 is 11.7. The van der Waals surface area contributed by atoms with E-state index in [4.69, 9.17) is 9.47 Å². The van der Waals surface area contributed by atoms with Crippen LogP contribution in [0.1, 0.15) is 13.8 Å². The lowest BCUT2D eigenvalue weighted by molar-refractivity contribution is 0.138. The normalized spacial score (nSPS) is 10.4. The lowest BCUT2D eigenvalue weighted by Gasteiger charge is -2.22. The van der Waals surface area contributed by atoms with Crippen molar-refractivity contribution in [2.45, 2.75) is 13.8 Å². The number of carbonyl (C=O) groups is 2. The summed E-state index contributed by atoms with van der Waals surface area (Å²) in [6, 6.07) is 14.8. The third kappa shape index (κ3) is 3.84. The van der Waals surface area contributed by atoms with E-state index in [2.05, 4.69) is 10.4 Å². The van der Waals surface area contributed by atoms with Gasteiger partial charge in [-0.1, -0.05) is 36.4 Å². The van der Waals surface area contributed by atoms with Gasteiger partial charge in [0.25, 0.3) is 0 Å². The predicted molar refractivity (Wildman–Crippen MR) is 100 cm³/mol. The maximum Gasteiger partial charge on any atom is 0.435 e. The highest BCUT2D eigenvalue weighted by atomic mass is 16.6. The molecule has 0 fully saturated rings. The average Bonchev–Trinajstić information content (AvgIpc) is 3.06. The van der Waals surface area contributed by atoms with Crippen LogP contribution in [0.2, 0.25) is 0 Å². The molecule has 0 unspecified atom stereocenters. The zero-order valence-electron chi connectivity index (χ0n) is 15.1. The van der Waals surface area contributed by atoms with E-state index in [1.54, 1.807) is 30.5 Å². The van der Waals surface area contributed by atoms with Crippen LogP contribution in [-0.4, -0.2) is 34.8 Å². The lowest BCUT2D eigenvalue weighted by atomic mass is 10.1. The van der Waals surface area contributed by atoms with Gasteiger partial charge in [-0.25, -0.2) is 20.0 Å². The number of hydrogen-bond donors (Lipinski definition) is 1. The third-order valence-corrected chi connectivity index (χ3v) is 3.69. The van der Waals surface area contributed by atoms with Gasteiger partial charge in [0.05, 0.1) is 13.2 Å². The number of ether oxygens (including phenoxy) is 2. The van der Waals surface area contributed by atoms with Gasteiger partial charge >= 0.3 is 12.2 Å². The number of hydrazine groups is 1. The molecular formula is C19H20N4O4. The van der Waals surface area contributed by atoms with Gasteiger partial charge < -0.3 is 9.47 Å². The summed E-state index contributed by atoms with van der Waals surface area (Å²) in [5, 5.41) is 1.02. The van der Waals surface area contributed by atoms with E-state index in [1.165, 1.54) is 0 Å². The van der Waals surface area contributed by atoms with Crippen LogP contribution in [0.4, 0.5) is 15.4 Å². The second-order valence-corrected chi connectivity index (χ2v) is 5.45. The zero-order chi connectivity index (χ0) is 19.2. The molecule has 1 N–H and O–H groups in total. The number of nitrogens with one attached hydrogen (secondary N) is 1. The molecule has 2 heterocycles. The molecule has 8 nitrogen and oxygen atoms in total. The highest BCUT2D eigenvalue weighted by Gasteiger charge is 2.28. The molecule has 3 rings (SSSR count). The topological polar surface area (TPSA) is 85.2 Å². The second kappa shape index (κ2) is 8.22. The van der Waals surface area contributed by atoms with Crippen LogP contribution in [-0.2, 0) is 9.47 Å². The molecule has 0 spiro atoms. The summed E-state index contributed by atoms with van der Waals surface area (Å²) in [5.41, 5.74) is 4.37. The molecule has 0 radical (unpaired) electrons. The number of fused-ring (bicyclic) bond motifs is 1. The van der Waals surface area contributed by atoms with Crippen LogP contribution in [0, 0.1) is 0 Å². The second-order valence-electron chi connectivity index (χ2n) is 5.45. The molecular weight excluding hydrogens is 348 g/mol. The van der Waals surface area contributed by atoms with Crippen molar-refractivity contribution in [3.8, 4) is 11.3 Å². The number of imidazole rings is 1. The molecule has 0 atom stereocenters. The number of amides is 2. The molecule has 27 heavy (non-hydrogen) atoms. The summed E-state index contributed by atoms with van der Waals surface area (Å²) in [5.74, 6) is 0.350. The first kappa shape index (κ1) is 18.2. The summed E-state index contributed by atoms with van der Waals surface area (Å²) in [4.78, 5) is 29.3. The van der Waals surface area contributed by atoms with Crippen LogP contribution < -0.4 is 10.4 Å². The summed E-state index contributed by atoms with van der Waals surface area (Å²) >= 11 is 0. The Hall–Kier alpha value is -3.55. The van der Waals surface area contributed by atoms with Crippen LogP contribution in [0.3, 0.4) is 0 Å². The van der Waals surface area contributed by atoms with E-state index < -0.39 is 12.2 Å². The Bertz CT molecular complexity index is 939. The standard InChI is InChI=1S/C19H20N4O4/c1-3-26-18(24)21-23(19(25)27-4-2)17-16(14-10-6-5-7-11-14)20-15-12-8-9-13-22(15)17/h5-13H,3-4H2,1-2H3,(H,21,24). The number of anilines is 1. The SMILES string of the molecule is CCOC(=O)NN(C(=O)OCC)c1c(-c2ccccc2)nc2ccccn12. The number of rotatable bonds is 4. The maximum absolute atomic E-state index is 12.6. The number of aromatic nitrogens is 2. The van der Waals surface area contributed by atoms with Gasteiger partial charge in [-0.15, -0.1) is 0 Å². The van der Waals surface area contributed by atoms with Gasteiger partial charge in [0.15, 0.2) is 5.82 Å². The van der Waals surface area contributed by atoms with Crippen molar-refractivity contribution in [3.05, 3.63) is 54.7 Å². The molecule has 0 aliphatic carbocycles. The van der Waals surface area contributed by atoms with Gasteiger partial charge in [0.1, 0.15) is 11.3 Å². The van der Waals surface area contributed by atoms with Crippen LogP contribution in [0.5, 0.6) is 0 Å². The fourth-order valence-corrected chi connectivity index (χ4v) is 2.61. The van der Waals surface area contributed by atoms with E-state index in [-0.39, 0.29) is 13.2 Å². The molecule has 2 amide bonds. The smallest absolute Gasteiger partial charge is 0.435 e. The molecule has 8 heteroatoms. The first-order valence-corrected chi connectivity index (χ1v) is 8.58. The fraction of sp³-hybridized carbons (Fsp3) is 0.211. The van der Waals surface area contributed by atoms with Crippen molar-refractivity contribution in [1.82, 2.24) is 14.8 Å². The molecule has 140 valence electrons. The van der Waals surface area contributed by atoms with Crippen LogP contribution in [0.25, 0.3) is 16.9 Å². The monoisotopic (exact) mass is 368 g/mol. The Morgan fingerprint density at radius 3 is 2.44 bits per heavy atom. The van der Waals surface area contributed by atoms with Crippen molar-refractivity contribution < 1.29 is 19.1 Å². The first-order valence-electron chi connectivity index (χ1n) is 8.58. The molecule has 0 aliphatic rings. The quantitative estimate of drug-likeness (QED) is 0.711. The fourth-order valence-electron chi connectivity index (χ4n) is 2.61. The number of carbonyl (C=O) groups excluding carboxylic acids is 2. The van der Waals surface area contributed by atoms with Gasteiger partial charge in [0, 0.05) is 11.8 Å². The third-order valence-electron chi connectivity index (χ3n) is 3.69. The predicted octanol–water partition coefficient (Wildman–Crippen LogP) is 3.63. The van der Waals surface area contributed by atoms with Crippen LogP contribution in [0.15, 0.2) is 54.7 Å². The molecule has 0 saturated carbocycles. The van der Waals surface area contributed by atoms with Crippen molar-refractivity contribution in [3.63, 3.8) is 0 Å². The first-order chi connectivity index (χ1) is 13.2. The van der Waals surface area contributed by atoms with Gasteiger partial charge in [-0.2, -0.15) is 5.01 Å². The average molecular weight is 368 g/mol. The minimum absolute atomic E-state index is 0.150. The van der Waals surface area contributed by atoms with Gasteiger partial charge in [-0.05, 0) is 26.0 Å². The number of nitrogens with zero attached hydrogens (tertiary/aromatic N) is 3. The number of benzene rings is 1. The summed E-state index contributed by atoms with van der Waals surface area (Å²) in [6.45, 7) is 3.68. The van der Waals surface area contributed by atoms with Crippen molar-refractivity contribution in [2.24, 2.45) is 0 Å². The van der Waals surface area contributed by atoms with Gasteiger partial charge in [0.2, 0.25) is 0 Å². The van der Waals surface area contributed by atoms with E-state index in [0.29, 0.717) is 17.2 Å². The molecule has 1 aromatic carbocycles. The maximum atomic E-state index is 12.6. The van der Waals surface area contributed by atoms with Crippen molar-refractivity contribution in [1.29, 1.82) is 0 Å². The Morgan fingerprint density at radius 1 is 1.04 bits per heavy atom. The summed E-state index contributed by atoms with van der Waals surface area (Å²) in [6.07, 6.45) is 0.243. The minimum Gasteiger partial charge on any atom is -0.449 e. The van der Waals surface area contributed by atoms with E-state index >= 15 is 0 Å². The molecule has 0 bridgehead atoms. The Labute approximate surface area is 156 Å². The molecule has 2 aromatic heterocycles. The molecule has 0 saturated heterocycles. The zero-order valence-corrected chi connectivity index (χ0v) is 15.1. The Morgan fingerprint density at radius 2 is 1.74 bits per heavy atom. The molecule has 0 aliphatic heterocycles. The van der Waals surface area contributed by atoms with E-state index in [9.17, 15) is 9.59 Å². The van der Waals surface area contributed by atoms with Crippen molar-refractivity contribution >= 4 is 23.7 Å². The van der Waals surface area contributed by atoms with Gasteiger partial charge in [-0.3, -0.25) is 4.40 Å². The Kier molecular flexibility index (Phi) is 5.55. The summed E-state index contributed by atoms with van der Waals surface area (Å²) in [7, 11) is 0. The number of hydrogen-bond acceptors (Lipinski definition) is 5. The lowest BCUT2D eigenvalue weighted by Crippen LogP contribution is -2.47. The van der Waals surface area contributed by atoms with Crippen molar-refractivity contribution in [2.75, 3.05) is 18.2 Å². The van der Waals surface area contributed by atoms with Crippen LogP contribution >= 0.6 is 0 Å². The number of pyridine rings is 1. The highest BCUT2D eigenvalue weighted by molar-refractivity contribution is 5.94. The largest absolute Gasteiger partial charge is 0.449 e.